The second-order valence-electron chi connectivity index (χ2n) is 5.89. The van der Waals surface area contributed by atoms with E-state index in [-0.39, 0.29) is 18.3 Å². The van der Waals surface area contributed by atoms with Crippen molar-refractivity contribution in [3.8, 4) is 5.75 Å². The van der Waals surface area contributed by atoms with Crippen molar-refractivity contribution in [2.24, 2.45) is 0 Å². The fourth-order valence-corrected chi connectivity index (χ4v) is 2.83. The summed E-state index contributed by atoms with van der Waals surface area (Å²) in [5, 5.41) is 6.29. The Hall–Kier alpha value is -3.32. The van der Waals surface area contributed by atoms with Crippen LogP contribution >= 0.6 is 0 Å². The summed E-state index contributed by atoms with van der Waals surface area (Å²) in [6.07, 6.45) is 0. The van der Waals surface area contributed by atoms with Crippen LogP contribution in [0.25, 0.3) is 11.0 Å². The average molecular weight is 368 g/mol. The number of carbonyl (C=O) groups is 2. The van der Waals surface area contributed by atoms with E-state index in [0.29, 0.717) is 28.3 Å². The Bertz CT molecular complexity index is 993. The summed E-state index contributed by atoms with van der Waals surface area (Å²) >= 11 is 0. The monoisotopic (exact) mass is 368 g/mol. The molecule has 0 radical (unpaired) electrons. The van der Waals surface area contributed by atoms with Gasteiger partial charge in [0.1, 0.15) is 11.3 Å². The highest BCUT2D eigenvalue weighted by Gasteiger charge is 2.21. The minimum atomic E-state index is -0.405. The van der Waals surface area contributed by atoms with E-state index in [1.807, 2.05) is 18.2 Å². The number of nitrogens with one attached hydrogen (secondary N) is 2. The molecule has 0 aliphatic heterocycles. The number of methoxy groups -OCH3 is 2. The number of hydrogen-bond acceptors (Lipinski definition) is 5. The normalized spacial score (nSPS) is 10.6. The highest BCUT2D eigenvalue weighted by molar-refractivity contribution is 6.07. The number of furan rings is 1. The van der Waals surface area contributed by atoms with Crippen molar-refractivity contribution < 1.29 is 23.5 Å². The summed E-state index contributed by atoms with van der Waals surface area (Å²) in [6.45, 7) is 1.65. The van der Waals surface area contributed by atoms with E-state index in [9.17, 15) is 9.59 Å². The lowest BCUT2D eigenvalue weighted by Gasteiger charge is -2.11. The van der Waals surface area contributed by atoms with Crippen molar-refractivity contribution in [1.82, 2.24) is 0 Å². The minimum absolute atomic E-state index is 0.190. The number of anilines is 2. The molecule has 0 saturated carbocycles. The van der Waals surface area contributed by atoms with Crippen molar-refractivity contribution in [3.63, 3.8) is 0 Å². The van der Waals surface area contributed by atoms with Crippen LogP contribution in [0.2, 0.25) is 0 Å². The molecule has 7 nitrogen and oxygen atoms in total. The molecule has 2 amide bonds. The molecule has 0 atom stereocenters. The summed E-state index contributed by atoms with van der Waals surface area (Å²) < 4.78 is 16.2. The van der Waals surface area contributed by atoms with E-state index in [1.54, 1.807) is 31.4 Å². The Balaban J connectivity index is 1.92. The zero-order valence-corrected chi connectivity index (χ0v) is 15.3. The fourth-order valence-electron chi connectivity index (χ4n) is 2.83. The van der Waals surface area contributed by atoms with Gasteiger partial charge in [0.05, 0.1) is 19.4 Å². The molecule has 2 aromatic carbocycles. The zero-order chi connectivity index (χ0) is 19.4. The number of carbonyl (C=O) groups excluding carboxylic acids is 2. The largest absolute Gasteiger partial charge is 0.495 e. The van der Waals surface area contributed by atoms with Crippen LogP contribution in [-0.4, -0.2) is 26.0 Å². The topological polar surface area (TPSA) is 89.8 Å². The molecule has 1 heterocycles. The van der Waals surface area contributed by atoms with Crippen LogP contribution in [0.3, 0.4) is 0 Å². The number of benzene rings is 2. The van der Waals surface area contributed by atoms with Crippen LogP contribution in [0.15, 0.2) is 46.9 Å². The van der Waals surface area contributed by atoms with Gasteiger partial charge in [-0.1, -0.05) is 18.2 Å². The molecule has 0 spiro atoms. The number of fused-ring (bicyclic) bond motifs is 1. The summed E-state index contributed by atoms with van der Waals surface area (Å²) in [5.74, 6) is 0.0376. The van der Waals surface area contributed by atoms with Crippen molar-refractivity contribution in [2.45, 2.75) is 13.5 Å². The maximum atomic E-state index is 12.8. The molecule has 0 unspecified atom stereocenters. The van der Waals surface area contributed by atoms with E-state index in [2.05, 4.69) is 10.6 Å². The summed E-state index contributed by atoms with van der Waals surface area (Å²) in [5.41, 5.74) is 2.25. The molecule has 1 aromatic heterocycles. The molecule has 0 aliphatic rings. The van der Waals surface area contributed by atoms with Crippen LogP contribution < -0.4 is 15.4 Å². The third-order valence-electron chi connectivity index (χ3n) is 3.96. The van der Waals surface area contributed by atoms with Crippen LogP contribution in [0.5, 0.6) is 5.75 Å². The number of ether oxygens (including phenoxy) is 2. The van der Waals surface area contributed by atoms with Crippen molar-refractivity contribution >= 4 is 34.2 Å². The van der Waals surface area contributed by atoms with Gasteiger partial charge in [0, 0.05) is 30.7 Å². The van der Waals surface area contributed by atoms with Gasteiger partial charge in [0.25, 0.3) is 5.91 Å². The van der Waals surface area contributed by atoms with Gasteiger partial charge in [0.15, 0.2) is 5.76 Å². The smallest absolute Gasteiger partial charge is 0.291 e. The van der Waals surface area contributed by atoms with E-state index in [0.717, 1.165) is 5.39 Å². The summed E-state index contributed by atoms with van der Waals surface area (Å²) in [6, 6.07) is 12.4. The zero-order valence-electron chi connectivity index (χ0n) is 15.3. The van der Waals surface area contributed by atoms with Crippen LogP contribution in [-0.2, 0) is 16.1 Å². The summed E-state index contributed by atoms with van der Waals surface area (Å²) in [4.78, 5) is 24.2. The van der Waals surface area contributed by atoms with Crippen LogP contribution in [0.1, 0.15) is 23.0 Å². The molecular weight excluding hydrogens is 348 g/mol. The maximum Gasteiger partial charge on any atom is 0.291 e. The Morgan fingerprint density at radius 2 is 1.85 bits per heavy atom. The highest BCUT2D eigenvalue weighted by Crippen LogP contribution is 2.30. The fraction of sp³-hybridized carbons (Fsp3) is 0.200. The number of rotatable bonds is 6. The first-order chi connectivity index (χ1) is 13.0. The second kappa shape index (κ2) is 7.92. The van der Waals surface area contributed by atoms with Gasteiger partial charge in [-0.15, -0.1) is 0 Å². The van der Waals surface area contributed by atoms with E-state index >= 15 is 0 Å². The molecule has 3 aromatic rings. The van der Waals surface area contributed by atoms with E-state index < -0.39 is 5.91 Å². The predicted octanol–water partition coefficient (Wildman–Crippen LogP) is 3.80. The lowest BCUT2D eigenvalue weighted by atomic mass is 10.1. The van der Waals surface area contributed by atoms with Crippen molar-refractivity contribution in [1.29, 1.82) is 0 Å². The van der Waals surface area contributed by atoms with Crippen LogP contribution in [0.4, 0.5) is 11.4 Å². The maximum absolute atomic E-state index is 12.8. The molecule has 140 valence electrons. The van der Waals surface area contributed by atoms with Gasteiger partial charge in [-0.3, -0.25) is 9.59 Å². The third-order valence-corrected chi connectivity index (χ3v) is 3.96. The van der Waals surface area contributed by atoms with Crippen molar-refractivity contribution in [3.05, 3.63) is 53.8 Å². The van der Waals surface area contributed by atoms with E-state index in [4.69, 9.17) is 13.9 Å². The SMILES string of the molecule is COCc1c(C(=O)Nc2ccc(OC)c(NC(C)=O)c2)oc2ccccc12. The second-order valence-corrected chi connectivity index (χ2v) is 5.89. The third kappa shape index (κ3) is 3.93. The van der Waals surface area contributed by atoms with Gasteiger partial charge >= 0.3 is 0 Å². The highest BCUT2D eigenvalue weighted by atomic mass is 16.5. The molecule has 3 rings (SSSR count). The van der Waals surface area contributed by atoms with Crippen LogP contribution in [0, 0.1) is 0 Å². The molecule has 2 N–H and O–H groups in total. The first-order valence-corrected chi connectivity index (χ1v) is 8.29. The van der Waals surface area contributed by atoms with Gasteiger partial charge in [-0.25, -0.2) is 0 Å². The van der Waals surface area contributed by atoms with Gasteiger partial charge in [-0.2, -0.15) is 0 Å². The lowest BCUT2D eigenvalue weighted by molar-refractivity contribution is -0.114. The number of hydrogen-bond donors (Lipinski definition) is 2. The number of para-hydroxylation sites is 1. The Morgan fingerprint density at radius 3 is 2.56 bits per heavy atom. The predicted molar refractivity (Wildman–Crippen MR) is 102 cm³/mol. The Labute approximate surface area is 156 Å². The molecule has 0 saturated heterocycles. The first kappa shape index (κ1) is 18.5. The van der Waals surface area contributed by atoms with Gasteiger partial charge < -0.3 is 24.5 Å². The van der Waals surface area contributed by atoms with Gasteiger partial charge in [0.2, 0.25) is 5.91 Å². The average Bonchev–Trinajstić information content (AvgIpc) is 3.01. The van der Waals surface area contributed by atoms with E-state index in [1.165, 1.54) is 14.0 Å². The summed E-state index contributed by atoms with van der Waals surface area (Å²) in [7, 11) is 3.07. The molecule has 27 heavy (non-hydrogen) atoms. The molecule has 0 bridgehead atoms. The molecule has 0 fully saturated rings. The molecule has 7 heteroatoms. The quantitative estimate of drug-likeness (QED) is 0.691. The lowest BCUT2D eigenvalue weighted by Crippen LogP contribution is -2.14. The molecule has 0 aliphatic carbocycles. The van der Waals surface area contributed by atoms with Crippen molar-refractivity contribution in [2.75, 3.05) is 24.9 Å². The minimum Gasteiger partial charge on any atom is -0.495 e. The first-order valence-electron chi connectivity index (χ1n) is 8.29. The standard InChI is InChI=1S/C20H20N2O5/c1-12(23)21-16-10-13(8-9-18(16)26-3)22-20(24)19-15(11-25-2)14-6-4-5-7-17(14)27-19/h4-10H,11H2,1-3H3,(H,21,23)(H,22,24). The molecular formula is C20H20N2O5. The number of amides is 2. The Kier molecular flexibility index (Phi) is 5.42. The Morgan fingerprint density at radius 1 is 1.07 bits per heavy atom. The van der Waals surface area contributed by atoms with Gasteiger partial charge in [-0.05, 0) is 24.3 Å².